The molecule has 0 spiro atoms. The normalized spacial score (nSPS) is 10.3. The summed E-state index contributed by atoms with van der Waals surface area (Å²) in [6.07, 6.45) is -2.93. The number of carbonyl (C=O) groups excluding carboxylic acids is 1. The molecular weight excluding hydrogens is 212 g/mol. The van der Waals surface area contributed by atoms with Crippen LogP contribution in [0.1, 0.15) is 22.6 Å². The van der Waals surface area contributed by atoms with E-state index in [0.29, 0.717) is 0 Å². The Hall–Kier alpha value is -2.12. The lowest BCUT2D eigenvalue weighted by atomic mass is 10.2. The molecule has 0 unspecified atom stereocenters. The van der Waals surface area contributed by atoms with Crippen molar-refractivity contribution in [1.82, 2.24) is 4.98 Å². The largest absolute Gasteiger partial charge is 0.391 e. The van der Waals surface area contributed by atoms with Crippen LogP contribution in [-0.4, -0.2) is 16.2 Å². The number of hydrogen-bond acceptors (Lipinski definition) is 5. The number of rotatable bonds is 3. The molecule has 0 aromatic carbocycles. The zero-order valence-corrected chi connectivity index (χ0v) is 7.18. The van der Waals surface area contributed by atoms with Crippen molar-refractivity contribution < 1.29 is 18.5 Å². The van der Waals surface area contributed by atoms with Crippen molar-refractivity contribution in [3.05, 3.63) is 27.6 Å². The lowest BCUT2D eigenvalue weighted by Gasteiger charge is -2.04. The summed E-state index contributed by atoms with van der Waals surface area (Å²) >= 11 is 0. The Kier molecular flexibility index (Phi) is 2.88. The topological polar surface area (TPSA) is 99.1 Å². The molecular formula is C7H5F2N3O3. The van der Waals surface area contributed by atoms with Gasteiger partial charge in [-0.3, -0.25) is 14.9 Å². The summed E-state index contributed by atoms with van der Waals surface area (Å²) in [4.78, 5) is 22.9. The summed E-state index contributed by atoms with van der Waals surface area (Å²) in [6.45, 7) is 0. The summed E-state index contributed by atoms with van der Waals surface area (Å²) in [5, 5.41) is 10.4. The number of halogens is 2. The minimum absolute atomic E-state index is 0.137. The number of nitro groups is 1. The number of aromatic nitrogens is 1. The molecule has 1 aromatic heterocycles. The average Bonchev–Trinajstić information content (AvgIpc) is 2.17. The SMILES string of the molecule is Nc1c([N+](=O)[O-])cc(C=O)nc1C(F)F. The van der Waals surface area contributed by atoms with Gasteiger partial charge in [0.25, 0.3) is 12.1 Å². The van der Waals surface area contributed by atoms with Crippen LogP contribution >= 0.6 is 0 Å². The molecule has 0 saturated heterocycles. The van der Waals surface area contributed by atoms with E-state index in [1.807, 2.05) is 0 Å². The van der Waals surface area contributed by atoms with E-state index in [1.165, 1.54) is 0 Å². The van der Waals surface area contributed by atoms with Crippen LogP contribution in [0.4, 0.5) is 20.2 Å². The Morgan fingerprint density at radius 1 is 1.60 bits per heavy atom. The van der Waals surface area contributed by atoms with Gasteiger partial charge in [-0.1, -0.05) is 0 Å². The molecule has 8 heteroatoms. The van der Waals surface area contributed by atoms with Crippen LogP contribution in [0.3, 0.4) is 0 Å². The second-order valence-corrected chi connectivity index (χ2v) is 2.54. The number of carbonyl (C=O) groups is 1. The van der Waals surface area contributed by atoms with E-state index in [-0.39, 0.29) is 6.29 Å². The fourth-order valence-corrected chi connectivity index (χ4v) is 0.958. The molecule has 0 atom stereocenters. The summed E-state index contributed by atoms with van der Waals surface area (Å²) in [5.41, 5.74) is 2.23. The van der Waals surface area contributed by atoms with Crippen LogP contribution in [-0.2, 0) is 0 Å². The zero-order valence-electron chi connectivity index (χ0n) is 7.18. The van der Waals surface area contributed by atoms with E-state index < -0.39 is 34.1 Å². The first-order chi connectivity index (χ1) is 6.97. The maximum Gasteiger partial charge on any atom is 0.296 e. The number of pyridine rings is 1. The van der Waals surface area contributed by atoms with Gasteiger partial charge in [-0.2, -0.15) is 0 Å². The van der Waals surface area contributed by atoms with E-state index >= 15 is 0 Å². The Balaban J connectivity index is 3.46. The third-order valence-corrected chi connectivity index (χ3v) is 1.61. The van der Waals surface area contributed by atoms with Crippen LogP contribution < -0.4 is 5.73 Å². The molecule has 15 heavy (non-hydrogen) atoms. The average molecular weight is 217 g/mol. The highest BCUT2D eigenvalue weighted by Gasteiger charge is 2.23. The van der Waals surface area contributed by atoms with Gasteiger partial charge < -0.3 is 5.73 Å². The van der Waals surface area contributed by atoms with Gasteiger partial charge in [0.1, 0.15) is 17.1 Å². The minimum Gasteiger partial charge on any atom is -0.391 e. The number of nitrogen functional groups attached to an aromatic ring is 1. The Labute approximate surface area is 81.9 Å². The lowest BCUT2D eigenvalue weighted by molar-refractivity contribution is -0.384. The number of aldehydes is 1. The Morgan fingerprint density at radius 2 is 2.20 bits per heavy atom. The van der Waals surface area contributed by atoms with E-state index in [0.717, 1.165) is 6.07 Å². The predicted molar refractivity (Wildman–Crippen MR) is 45.6 cm³/mol. The third-order valence-electron chi connectivity index (χ3n) is 1.61. The summed E-state index contributed by atoms with van der Waals surface area (Å²) in [6, 6.07) is 0.744. The summed E-state index contributed by atoms with van der Waals surface area (Å²) in [5.74, 6) is 0. The van der Waals surface area contributed by atoms with Crippen LogP contribution in [0.2, 0.25) is 0 Å². The first kappa shape index (κ1) is 11.0. The van der Waals surface area contributed by atoms with Gasteiger partial charge >= 0.3 is 0 Å². The lowest BCUT2D eigenvalue weighted by Crippen LogP contribution is -2.05. The highest BCUT2D eigenvalue weighted by Crippen LogP contribution is 2.30. The Morgan fingerprint density at radius 3 is 2.60 bits per heavy atom. The van der Waals surface area contributed by atoms with Gasteiger partial charge in [-0.15, -0.1) is 0 Å². The molecule has 80 valence electrons. The van der Waals surface area contributed by atoms with Gasteiger partial charge in [-0.05, 0) is 0 Å². The second-order valence-electron chi connectivity index (χ2n) is 2.54. The monoisotopic (exact) mass is 217 g/mol. The van der Waals surface area contributed by atoms with Crippen molar-refractivity contribution in [2.45, 2.75) is 6.43 Å². The second kappa shape index (κ2) is 3.95. The van der Waals surface area contributed by atoms with E-state index in [9.17, 15) is 23.7 Å². The van der Waals surface area contributed by atoms with Crippen molar-refractivity contribution in [2.24, 2.45) is 0 Å². The van der Waals surface area contributed by atoms with Crippen molar-refractivity contribution >= 4 is 17.7 Å². The summed E-state index contributed by atoms with van der Waals surface area (Å²) in [7, 11) is 0. The molecule has 0 fully saturated rings. The van der Waals surface area contributed by atoms with Crippen LogP contribution in [0.5, 0.6) is 0 Å². The van der Waals surface area contributed by atoms with Crippen molar-refractivity contribution in [2.75, 3.05) is 5.73 Å². The van der Waals surface area contributed by atoms with Gasteiger partial charge in [0, 0.05) is 6.07 Å². The van der Waals surface area contributed by atoms with Crippen LogP contribution in [0, 0.1) is 10.1 Å². The van der Waals surface area contributed by atoms with Crippen LogP contribution in [0.15, 0.2) is 6.07 Å². The van der Waals surface area contributed by atoms with E-state index in [2.05, 4.69) is 4.98 Å². The van der Waals surface area contributed by atoms with Gasteiger partial charge in [0.05, 0.1) is 4.92 Å². The fraction of sp³-hybridized carbons (Fsp3) is 0.143. The summed E-state index contributed by atoms with van der Waals surface area (Å²) < 4.78 is 24.6. The van der Waals surface area contributed by atoms with Crippen molar-refractivity contribution in [3.63, 3.8) is 0 Å². The van der Waals surface area contributed by atoms with Crippen LogP contribution in [0.25, 0.3) is 0 Å². The predicted octanol–water partition coefficient (Wildman–Crippen LogP) is 1.32. The zero-order chi connectivity index (χ0) is 11.6. The highest BCUT2D eigenvalue weighted by atomic mass is 19.3. The van der Waals surface area contributed by atoms with Gasteiger partial charge in [0.2, 0.25) is 0 Å². The molecule has 0 aliphatic rings. The first-order valence-corrected chi connectivity index (χ1v) is 3.65. The molecule has 0 radical (unpaired) electrons. The maximum absolute atomic E-state index is 12.3. The molecule has 0 saturated carbocycles. The minimum atomic E-state index is -3.07. The van der Waals surface area contributed by atoms with Crippen molar-refractivity contribution in [3.8, 4) is 0 Å². The van der Waals surface area contributed by atoms with Crippen molar-refractivity contribution in [1.29, 1.82) is 0 Å². The maximum atomic E-state index is 12.3. The number of alkyl halides is 2. The molecule has 1 heterocycles. The molecule has 6 nitrogen and oxygen atoms in total. The molecule has 1 rings (SSSR count). The molecule has 0 aliphatic heterocycles. The van der Waals surface area contributed by atoms with E-state index in [4.69, 9.17) is 5.73 Å². The highest BCUT2D eigenvalue weighted by molar-refractivity contribution is 5.76. The van der Waals surface area contributed by atoms with E-state index in [1.54, 1.807) is 0 Å². The third kappa shape index (κ3) is 2.03. The standard InChI is InChI=1S/C7H5F2N3O3/c8-7(9)6-5(10)4(12(14)15)1-3(2-13)11-6/h1-2,7H,10H2. The number of anilines is 1. The molecule has 2 N–H and O–H groups in total. The number of hydrogen-bond donors (Lipinski definition) is 1. The number of nitrogens with two attached hydrogens (primary N) is 1. The van der Waals surface area contributed by atoms with Gasteiger partial charge in [0.15, 0.2) is 6.29 Å². The fourth-order valence-electron chi connectivity index (χ4n) is 0.958. The molecule has 1 aromatic rings. The molecule has 0 aliphatic carbocycles. The quantitative estimate of drug-likeness (QED) is 0.467. The number of nitrogens with zero attached hydrogens (tertiary/aromatic N) is 2. The molecule has 0 amide bonds. The molecule has 0 bridgehead atoms. The Bertz CT molecular complexity index is 422. The first-order valence-electron chi connectivity index (χ1n) is 3.65. The smallest absolute Gasteiger partial charge is 0.296 e. The van der Waals surface area contributed by atoms with Gasteiger partial charge in [-0.25, -0.2) is 13.8 Å².